The SMILES string of the molecule is C=C(Cl)COc1cc(-n2c(=O)cc(C(F)(F)F)n3ccnc23)c(F)cc1Cl. The number of halogens is 6. The molecule has 0 N–H and O–H groups in total. The number of benzene rings is 1. The molecule has 3 rings (SSSR count). The molecule has 0 spiro atoms. The van der Waals surface area contributed by atoms with Crippen LogP contribution >= 0.6 is 23.2 Å². The Morgan fingerprint density at radius 2 is 2.00 bits per heavy atom. The Kier molecular flexibility index (Phi) is 4.92. The summed E-state index contributed by atoms with van der Waals surface area (Å²) in [6.45, 7) is 3.28. The van der Waals surface area contributed by atoms with Gasteiger partial charge >= 0.3 is 6.18 Å². The van der Waals surface area contributed by atoms with E-state index in [-0.39, 0.29) is 28.1 Å². The number of hydrogen-bond acceptors (Lipinski definition) is 3. The van der Waals surface area contributed by atoms with Crippen LogP contribution in [-0.4, -0.2) is 20.6 Å². The number of alkyl halides is 3. The second kappa shape index (κ2) is 6.90. The van der Waals surface area contributed by atoms with Gasteiger partial charge in [-0.05, 0) is 6.07 Å². The molecule has 0 fully saturated rings. The van der Waals surface area contributed by atoms with E-state index in [4.69, 9.17) is 27.9 Å². The minimum atomic E-state index is -4.80. The lowest BCUT2D eigenvalue weighted by Crippen LogP contribution is -2.26. The molecule has 2 heterocycles. The molecule has 0 aliphatic heterocycles. The van der Waals surface area contributed by atoms with Gasteiger partial charge in [0.05, 0.1) is 10.7 Å². The quantitative estimate of drug-likeness (QED) is 0.585. The highest BCUT2D eigenvalue weighted by atomic mass is 35.5. The third-order valence-electron chi connectivity index (χ3n) is 3.48. The molecule has 3 aromatic rings. The van der Waals surface area contributed by atoms with E-state index < -0.39 is 29.0 Å². The van der Waals surface area contributed by atoms with Crippen molar-refractivity contribution in [2.75, 3.05) is 6.61 Å². The number of nitrogens with zero attached hydrogens (tertiary/aromatic N) is 3. The zero-order valence-corrected chi connectivity index (χ0v) is 14.7. The minimum absolute atomic E-state index is 0.0358. The van der Waals surface area contributed by atoms with Gasteiger partial charge in [0.2, 0.25) is 5.78 Å². The maximum atomic E-state index is 14.5. The normalized spacial score (nSPS) is 11.8. The highest BCUT2D eigenvalue weighted by Crippen LogP contribution is 2.32. The molecule has 0 aliphatic carbocycles. The molecule has 0 atom stereocenters. The molecule has 0 saturated carbocycles. The van der Waals surface area contributed by atoms with Crippen LogP contribution in [-0.2, 0) is 6.18 Å². The smallest absolute Gasteiger partial charge is 0.432 e. The Bertz CT molecular complexity index is 1110. The Morgan fingerprint density at radius 3 is 2.63 bits per heavy atom. The van der Waals surface area contributed by atoms with E-state index in [0.29, 0.717) is 15.0 Å². The van der Waals surface area contributed by atoms with E-state index >= 15 is 0 Å². The first-order valence-corrected chi connectivity index (χ1v) is 7.97. The van der Waals surface area contributed by atoms with Gasteiger partial charge in [0.1, 0.15) is 23.9 Å². The van der Waals surface area contributed by atoms with Crippen molar-refractivity contribution in [3.63, 3.8) is 0 Å². The van der Waals surface area contributed by atoms with Crippen molar-refractivity contribution in [1.82, 2.24) is 14.0 Å². The van der Waals surface area contributed by atoms with Crippen LogP contribution in [0.2, 0.25) is 5.02 Å². The molecule has 0 bridgehead atoms. The number of fused-ring (bicyclic) bond motifs is 1. The van der Waals surface area contributed by atoms with Crippen LogP contribution in [0.5, 0.6) is 5.75 Å². The molecule has 27 heavy (non-hydrogen) atoms. The molecule has 2 aromatic heterocycles. The predicted octanol–water partition coefficient (Wildman–Crippen LogP) is 4.43. The molecule has 0 aliphatic rings. The average molecular weight is 422 g/mol. The van der Waals surface area contributed by atoms with Crippen molar-refractivity contribution in [1.29, 1.82) is 0 Å². The molecular formula is C16H9Cl2F4N3O2. The number of imidazole rings is 1. The van der Waals surface area contributed by atoms with E-state index in [1.165, 1.54) is 0 Å². The van der Waals surface area contributed by atoms with Crippen molar-refractivity contribution in [2.24, 2.45) is 0 Å². The summed E-state index contributed by atoms with van der Waals surface area (Å²) >= 11 is 11.5. The fourth-order valence-electron chi connectivity index (χ4n) is 2.40. The van der Waals surface area contributed by atoms with Crippen LogP contribution in [0.1, 0.15) is 5.69 Å². The zero-order valence-electron chi connectivity index (χ0n) is 13.2. The first-order chi connectivity index (χ1) is 12.6. The first kappa shape index (κ1) is 19.2. The zero-order chi connectivity index (χ0) is 19.9. The van der Waals surface area contributed by atoms with Gasteiger partial charge in [0.25, 0.3) is 5.56 Å². The predicted molar refractivity (Wildman–Crippen MR) is 91.2 cm³/mol. The van der Waals surface area contributed by atoms with Gasteiger partial charge in [-0.2, -0.15) is 13.2 Å². The van der Waals surface area contributed by atoms with Gasteiger partial charge in [-0.15, -0.1) is 0 Å². The highest BCUT2D eigenvalue weighted by molar-refractivity contribution is 6.32. The van der Waals surface area contributed by atoms with E-state index in [0.717, 1.165) is 24.5 Å². The molecule has 142 valence electrons. The van der Waals surface area contributed by atoms with Crippen LogP contribution in [0.3, 0.4) is 0 Å². The molecule has 5 nitrogen and oxygen atoms in total. The molecule has 0 radical (unpaired) electrons. The maximum Gasteiger partial charge on any atom is 0.432 e. The summed E-state index contributed by atoms with van der Waals surface area (Å²) in [5, 5.41) is 0.0211. The van der Waals surface area contributed by atoms with Gasteiger partial charge in [-0.1, -0.05) is 29.8 Å². The molecular weight excluding hydrogens is 413 g/mol. The van der Waals surface area contributed by atoms with E-state index in [9.17, 15) is 22.4 Å². The Labute approximate surface area is 159 Å². The standard InChI is InChI=1S/C16H9Cl2F4N3O2/c1-8(17)7-27-12-5-11(10(19)4-9(12)18)25-14(26)6-13(16(20,21)22)24-3-2-23-15(24)25/h2-6H,1,7H2. The molecule has 0 saturated heterocycles. The van der Waals surface area contributed by atoms with Crippen LogP contribution in [0.15, 0.2) is 47.0 Å². The summed E-state index contributed by atoms with van der Waals surface area (Å²) in [6, 6.07) is 2.29. The van der Waals surface area contributed by atoms with Gasteiger partial charge in [-0.3, -0.25) is 9.20 Å². The van der Waals surface area contributed by atoms with Crippen molar-refractivity contribution < 1.29 is 22.3 Å². The Morgan fingerprint density at radius 1 is 1.30 bits per heavy atom. The van der Waals surface area contributed by atoms with Gasteiger partial charge < -0.3 is 4.74 Å². The second-order valence-electron chi connectivity index (χ2n) is 5.34. The summed E-state index contributed by atoms with van der Waals surface area (Å²) in [4.78, 5) is 16.1. The average Bonchev–Trinajstić information content (AvgIpc) is 3.02. The van der Waals surface area contributed by atoms with Gasteiger partial charge in [0.15, 0.2) is 0 Å². The van der Waals surface area contributed by atoms with E-state index in [2.05, 4.69) is 11.6 Å². The third-order valence-corrected chi connectivity index (χ3v) is 3.88. The van der Waals surface area contributed by atoms with Crippen LogP contribution in [0.25, 0.3) is 11.5 Å². The fourth-order valence-corrected chi connectivity index (χ4v) is 2.66. The molecule has 0 amide bonds. The summed E-state index contributed by atoms with van der Waals surface area (Å²) in [5.74, 6) is -1.42. The van der Waals surface area contributed by atoms with Crippen molar-refractivity contribution in [2.45, 2.75) is 6.18 Å². The van der Waals surface area contributed by atoms with Crippen LogP contribution in [0, 0.1) is 5.82 Å². The topological polar surface area (TPSA) is 48.5 Å². The molecule has 11 heteroatoms. The Balaban J connectivity index is 2.26. The lowest BCUT2D eigenvalue weighted by Gasteiger charge is -2.15. The summed E-state index contributed by atoms with van der Waals surface area (Å²) < 4.78 is 60.5. The lowest BCUT2D eigenvalue weighted by molar-refractivity contribution is -0.142. The highest BCUT2D eigenvalue weighted by Gasteiger charge is 2.35. The van der Waals surface area contributed by atoms with E-state index in [1.807, 2.05) is 0 Å². The van der Waals surface area contributed by atoms with Crippen molar-refractivity contribution >= 4 is 29.0 Å². The number of aromatic nitrogens is 3. The monoisotopic (exact) mass is 421 g/mol. The van der Waals surface area contributed by atoms with Crippen LogP contribution in [0.4, 0.5) is 17.6 Å². The summed E-state index contributed by atoms with van der Waals surface area (Å²) in [6.07, 6.45) is -2.73. The fraction of sp³-hybridized carbons (Fsp3) is 0.125. The second-order valence-corrected chi connectivity index (χ2v) is 6.28. The summed E-state index contributed by atoms with van der Waals surface area (Å²) in [5.41, 5.74) is -2.75. The maximum absolute atomic E-state index is 14.5. The number of hydrogen-bond donors (Lipinski definition) is 0. The van der Waals surface area contributed by atoms with Gasteiger partial charge in [0, 0.05) is 29.6 Å². The first-order valence-electron chi connectivity index (χ1n) is 7.21. The number of ether oxygens (including phenoxy) is 1. The van der Waals surface area contributed by atoms with Crippen molar-refractivity contribution in [3.05, 3.63) is 69.1 Å². The van der Waals surface area contributed by atoms with Crippen molar-refractivity contribution in [3.8, 4) is 11.4 Å². The van der Waals surface area contributed by atoms with Gasteiger partial charge in [-0.25, -0.2) is 13.9 Å². The number of rotatable bonds is 4. The lowest BCUT2D eigenvalue weighted by atomic mass is 10.2. The van der Waals surface area contributed by atoms with Crippen LogP contribution < -0.4 is 10.3 Å². The Hall–Kier alpha value is -2.52. The third kappa shape index (κ3) is 3.65. The molecule has 0 unspecified atom stereocenters. The largest absolute Gasteiger partial charge is 0.486 e. The minimum Gasteiger partial charge on any atom is -0.486 e. The summed E-state index contributed by atoms with van der Waals surface area (Å²) in [7, 11) is 0. The molecule has 1 aromatic carbocycles. The van der Waals surface area contributed by atoms with E-state index in [1.54, 1.807) is 0 Å².